The van der Waals surface area contributed by atoms with Gasteiger partial charge in [0.05, 0.1) is 5.02 Å². The SMILES string of the molecule is CN(c1ccc(Cl)cn1)C1CC2CCC(C1)N2. The Kier molecular flexibility index (Phi) is 2.97. The monoisotopic (exact) mass is 251 g/mol. The molecule has 2 aliphatic rings. The molecule has 3 heterocycles. The molecule has 2 saturated heterocycles. The van der Waals surface area contributed by atoms with Crippen LogP contribution < -0.4 is 10.2 Å². The summed E-state index contributed by atoms with van der Waals surface area (Å²) in [5, 5.41) is 4.37. The highest BCUT2D eigenvalue weighted by Gasteiger charge is 2.35. The predicted molar refractivity (Wildman–Crippen MR) is 70.6 cm³/mol. The lowest BCUT2D eigenvalue weighted by molar-refractivity contribution is 0.354. The summed E-state index contributed by atoms with van der Waals surface area (Å²) in [7, 11) is 2.14. The van der Waals surface area contributed by atoms with Crippen molar-refractivity contribution < 1.29 is 0 Å². The van der Waals surface area contributed by atoms with Crippen LogP contribution in [0.25, 0.3) is 0 Å². The molecule has 17 heavy (non-hydrogen) atoms. The third-order valence-electron chi connectivity index (χ3n) is 4.07. The molecule has 0 saturated carbocycles. The van der Waals surface area contributed by atoms with E-state index in [0.29, 0.717) is 23.1 Å². The molecule has 0 amide bonds. The lowest BCUT2D eigenvalue weighted by Crippen LogP contribution is -2.47. The van der Waals surface area contributed by atoms with E-state index >= 15 is 0 Å². The zero-order valence-electron chi connectivity index (χ0n) is 10.1. The van der Waals surface area contributed by atoms with Crippen molar-refractivity contribution in [1.82, 2.24) is 10.3 Å². The second-order valence-electron chi connectivity index (χ2n) is 5.21. The first-order valence-corrected chi connectivity index (χ1v) is 6.70. The first-order chi connectivity index (χ1) is 8.22. The zero-order chi connectivity index (χ0) is 11.8. The van der Waals surface area contributed by atoms with E-state index in [0.717, 1.165) is 5.82 Å². The summed E-state index contributed by atoms with van der Waals surface area (Å²) in [4.78, 5) is 6.71. The number of pyridine rings is 1. The van der Waals surface area contributed by atoms with E-state index in [4.69, 9.17) is 11.6 Å². The molecule has 2 bridgehead atoms. The van der Waals surface area contributed by atoms with Crippen molar-refractivity contribution >= 4 is 17.4 Å². The fraction of sp³-hybridized carbons (Fsp3) is 0.615. The van der Waals surface area contributed by atoms with E-state index in [9.17, 15) is 0 Å². The first-order valence-electron chi connectivity index (χ1n) is 6.33. The van der Waals surface area contributed by atoms with E-state index in [-0.39, 0.29) is 0 Å². The minimum absolute atomic E-state index is 0.613. The average Bonchev–Trinajstić information content (AvgIpc) is 2.68. The van der Waals surface area contributed by atoms with Crippen molar-refractivity contribution in [2.24, 2.45) is 0 Å². The topological polar surface area (TPSA) is 28.2 Å². The predicted octanol–water partition coefficient (Wildman–Crippen LogP) is 2.45. The highest BCUT2D eigenvalue weighted by atomic mass is 35.5. The Morgan fingerprint density at radius 1 is 1.29 bits per heavy atom. The van der Waals surface area contributed by atoms with Crippen LogP contribution in [-0.4, -0.2) is 30.2 Å². The van der Waals surface area contributed by atoms with Gasteiger partial charge in [0.1, 0.15) is 5.82 Å². The number of nitrogens with zero attached hydrogens (tertiary/aromatic N) is 2. The van der Waals surface area contributed by atoms with E-state index < -0.39 is 0 Å². The Balaban J connectivity index is 1.73. The van der Waals surface area contributed by atoms with Crippen LogP contribution in [0.1, 0.15) is 25.7 Å². The average molecular weight is 252 g/mol. The summed E-state index contributed by atoms with van der Waals surface area (Å²) < 4.78 is 0. The van der Waals surface area contributed by atoms with Crippen LogP contribution in [-0.2, 0) is 0 Å². The van der Waals surface area contributed by atoms with Crippen LogP contribution in [0.15, 0.2) is 18.3 Å². The van der Waals surface area contributed by atoms with Crippen molar-refractivity contribution in [2.75, 3.05) is 11.9 Å². The van der Waals surface area contributed by atoms with Gasteiger partial charge in [-0.1, -0.05) is 11.6 Å². The molecule has 4 heteroatoms. The summed E-state index contributed by atoms with van der Waals surface area (Å²) in [6, 6.07) is 5.96. The fourth-order valence-electron chi connectivity index (χ4n) is 3.11. The molecule has 2 atom stereocenters. The minimum Gasteiger partial charge on any atom is -0.357 e. The molecule has 2 fully saturated rings. The van der Waals surface area contributed by atoms with Crippen LogP contribution in [0, 0.1) is 0 Å². The molecule has 1 aromatic rings. The number of halogens is 1. The van der Waals surface area contributed by atoms with Crippen LogP contribution >= 0.6 is 11.6 Å². The summed E-state index contributed by atoms with van der Waals surface area (Å²) in [6.07, 6.45) is 6.86. The summed E-state index contributed by atoms with van der Waals surface area (Å²) in [6.45, 7) is 0. The smallest absolute Gasteiger partial charge is 0.128 e. The third kappa shape index (κ3) is 2.26. The molecule has 0 spiro atoms. The normalized spacial score (nSPS) is 31.5. The van der Waals surface area contributed by atoms with Gasteiger partial charge in [-0.15, -0.1) is 0 Å². The van der Waals surface area contributed by atoms with E-state index in [2.05, 4.69) is 22.2 Å². The number of anilines is 1. The molecule has 3 rings (SSSR count). The Morgan fingerprint density at radius 3 is 2.59 bits per heavy atom. The quantitative estimate of drug-likeness (QED) is 0.875. The molecule has 2 unspecified atom stereocenters. The van der Waals surface area contributed by atoms with Gasteiger partial charge in [-0.05, 0) is 37.8 Å². The molecular weight excluding hydrogens is 234 g/mol. The standard InChI is InChI=1S/C13H18ClN3/c1-17(13-5-2-9(14)8-15-13)12-6-10-3-4-11(7-12)16-10/h2,5,8,10-12,16H,3-4,6-7H2,1H3. The highest BCUT2D eigenvalue weighted by molar-refractivity contribution is 6.30. The molecule has 92 valence electrons. The number of rotatable bonds is 2. The van der Waals surface area contributed by atoms with Crippen molar-refractivity contribution in [3.8, 4) is 0 Å². The lowest BCUT2D eigenvalue weighted by atomic mass is 9.98. The first kappa shape index (κ1) is 11.3. The molecule has 3 nitrogen and oxygen atoms in total. The summed E-state index contributed by atoms with van der Waals surface area (Å²) in [5.74, 6) is 1.03. The van der Waals surface area contributed by atoms with Crippen molar-refractivity contribution in [3.05, 3.63) is 23.4 Å². The number of piperidine rings is 1. The number of hydrogen-bond donors (Lipinski definition) is 1. The molecule has 1 aromatic heterocycles. The summed E-state index contributed by atoms with van der Waals surface area (Å²) >= 11 is 5.87. The number of nitrogens with one attached hydrogen (secondary N) is 1. The van der Waals surface area contributed by atoms with Crippen LogP contribution in [0.5, 0.6) is 0 Å². The van der Waals surface area contributed by atoms with Gasteiger partial charge in [0.2, 0.25) is 0 Å². The van der Waals surface area contributed by atoms with Gasteiger partial charge in [0.15, 0.2) is 0 Å². The van der Waals surface area contributed by atoms with Crippen LogP contribution in [0.4, 0.5) is 5.82 Å². The van der Waals surface area contributed by atoms with Gasteiger partial charge >= 0.3 is 0 Å². The van der Waals surface area contributed by atoms with E-state index in [1.165, 1.54) is 25.7 Å². The van der Waals surface area contributed by atoms with Crippen molar-refractivity contribution in [3.63, 3.8) is 0 Å². The Morgan fingerprint density at radius 2 is 2.00 bits per heavy atom. The molecule has 0 aliphatic carbocycles. The molecular formula is C13H18ClN3. The maximum absolute atomic E-state index is 5.87. The van der Waals surface area contributed by atoms with Gasteiger partial charge in [0, 0.05) is 31.4 Å². The van der Waals surface area contributed by atoms with Gasteiger partial charge in [-0.2, -0.15) is 0 Å². The Hall–Kier alpha value is -0.800. The lowest BCUT2D eigenvalue weighted by Gasteiger charge is -2.36. The maximum Gasteiger partial charge on any atom is 0.128 e. The van der Waals surface area contributed by atoms with Gasteiger partial charge in [-0.25, -0.2) is 4.98 Å². The van der Waals surface area contributed by atoms with E-state index in [1.807, 2.05) is 12.1 Å². The second kappa shape index (κ2) is 4.46. The molecule has 2 aliphatic heterocycles. The molecule has 1 N–H and O–H groups in total. The van der Waals surface area contributed by atoms with Crippen molar-refractivity contribution in [1.29, 1.82) is 0 Å². The van der Waals surface area contributed by atoms with Crippen LogP contribution in [0.3, 0.4) is 0 Å². The van der Waals surface area contributed by atoms with Gasteiger partial charge in [-0.3, -0.25) is 0 Å². The number of fused-ring (bicyclic) bond motifs is 2. The molecule has 0 aromatic carbocycles. The minimum atomic E-state index is 0.613. The van der Waals surface area contributed by atoms with Gasteiger partial charge < -0.3 is 10.2 Å². The summed E-state index contributed by atoms with van der Waals surface area (Å²) in [5.41, 5.74) is 0. The largest absolute Gasteiger partial charge is 0.357 e. The highest BCUT2D eigenvalue weighted by Crippen LogP contribution is 2.30. The Bertz CT molecular complexity index is 380. The third-order valence-corrected chi connectivity index (χ3v) is 4.29. The van der Waals surface area contributed by atoms with Crippen LogP contribution in [0.2, 0.25) is 5.02 Å². The number of hydrogen-bond acceptors (Lipinski definition) is 3. The Labute approximate surface area is 107 Å². The zero-order valence-corrected chi connectivity index (χ0v) is 10.8. The van der Waals surface area contributed by atoms with E-state index in [1.54, 1.807) is 6.20 Å². The van der Waals surface area contributed by atoms with Crippen molar-refractivity contribution in [2.45, 2.75) is 43.8 Å². The molecule has 0 radical (unpaired) electrons. The van der Waals surface area contributed by atoms with Gasteiger partial charge in [0.25, 0.3) is 0 Å². The second-order valence-corrected chi connectivity index (χ2v) is 5.65. The maximum atomic E-state index is 5.87. The fourth-order valence-corrected chi connectivity index (χ4v) is 3.22. The number of aromatic nitrogens is 1.